The van der Waals surface area contributed by atoms with E-state index < -0.39 is 15.6 Å². The van der Waals surface area contributed by atoms with Gasteiger partial charge in [0.1, 0.15) is 0 Å². The first kappa shape index (κ1) is 14.8. The van der Waals surface area contributed by atoms with Crippen molar-refractivity contribution < 1.29 is 13.2 Å². The van der Waals surface area contributed by atoms with E-state index in [1.165, 1.54) is 0 Å². The lowest BCUT2D eigenvalue weighted by molar-refractivity contribution is 0.0957. The second-order valence-electron chi connectivity index (χ2n) is 6.10. The number of anilines is 1. The van der Waals surface area contributed by atoms with Crippen molar-refractivity contribution in [3.63, 3.8) is 0 Å². The second-order valence-corrected chi connectivity index (χ2v) is 7.75. The molecule has 1 fully saturated rings. The lowest BCUT2D eigenvalue weighted by Crippen LogP contribution is -2.50. The lowest BCUT2D eigenvalue weighted by Gasteiger charge is -2.29. The normalized spacial score (nSPS) is 29.0. The lowest BCUT2D eigenvalue weighted by atomic mass is 9.97. The molecule has 2 unspecified atom stereocenters. The minimum Gasteiger partial charge on any atom is -0.385 e. The maximum atomic E-state index is 12.8. The van der Waals surface area contributed by atoms with Crippen molar-refractivity contribution in [3.05, 3.63) is 23.8 Å². The van der Waals surface area contributed by atoms with Crippen molar-refractivity contribution in [1.82, 2.24) is 4.72 Å². The molecule has 1 saturated heterocycles. The third kappa shape index (κ3) is 2.67. The quantitative estimate of drug-likeness (QED) is 0.894. The van der Waals surface area contributed by atoms with Crippen LogP contribution in [0.1, 0.15) is 32.3 Å². The van der Waals surface area contributed by atoms with Crippen molar-refractivity contribution in [3.8, 4) is 0 Å². The number of sulfonamides is 1. The van der Waals surface area contributed by atoms with Crippen LogP contribution in [0.5, 0.6) is 0 Å². The molecule has 6 heteroatoms. The van der Waals surface area contributed by atoms with Crippen LogP contribution in [0.3, 0.4) is 0 Å². The molecule has 2 N–H and O–H groups in total. The Hall–Kier alpha value is -1.11. The van der Waals surface area contributed by atoms with Crippen molar-refractivity contribution >= 4 is 15.7 Å². The van der Waals surface area contributed by atoms with Crippen molar-refractivity contribution in [2.24, 2.45) is 0 Å². The van der Waals surface area contributed by atoms with Gasteiger partial charge in [-0.05, 0) is 50.8 Å². The first-order valence-electron chi connectivity index (χ1n) is 7.44. The van der Waals surface area contributed by atoms with Gasteiger partial charge in [0.2, 0.25) is 10.0 Å². The molecule has 2 atom stereocenters. The summed E-state index contributed by atoms with van der Waals surface area (Å²) in [6.07, 6.45) is 2.32. The number of benzene rings is 1. The smallest absolute Gasteiger partial charge is 0.241 e. The van der Waals surface area contributed by atoms with Crippen LogP contribution in [0.2, 0.25) is 0 Å². The molecule has 116 valence electrons. The largest absolute Gasteiger partial charge is 0.385 e. The summed E-state index contributed by atoms with van der Waals surface area (Å²) >= 11 is 0. The van der Waals surface area contributed by atoms with Gasteiger partial charge in [-0.25, -0.2) is 13.1 Å². The molecule has 1 aromatic rings. The Bertz CT molecular complexity index is 644. The summed E-state index contributed by atoms with van der Waals surface area (Å²) in [6, 6.07) is 5.43. The third-order valence-corrected chi connectivity index (χ3v) is 6.29. The third-order valence-electron chi connectivity index (χ3n) is 4.60. The molecule has 2 aliphatic rings. The molecular formula is C15H22N2O3S. The Balaban J connectivity index is 1.96. The molecule has 1 aromatic carbocycles. The standard InChI is InChI=1S/C15H22N2O3S/c1-11-15(2,8-10-20-11)17-21(18,19)14-7-3-6-13-12(14)5-4-9-16-13/h3,6-7,11,16-17H,4-5,8-10H2,1-2H3. The Morgan fingerprint density at radius 1 is 1.43 bits per heavy atom. The average Bonchev–Trinajstić information content (AvgIpc) is 2.77. The van der Waals surface area contributed by atoms with Gasteiger partial charge >= 0.3 is 0 Å². The van der Waals surface area contributed by atoms with Gasteiger partial charge in [-0.3, -0.25) is 0 Å². The molecule has 0 radical (unpaired) electrons. The zero-order chi connectivity index (χ0) is 15.1. The Morgan fingerprint density at radius 3 is 2.95 bits per heavy atom. The molecule has 0 saturated carbocycles. The molecule has 0 aliphatic carbocycles. The average molecular weight is 310 g/mol. The van der Waals surface area contributed by atoms with Gasteiger partial charge in [0.15, 0.2) is 0 Å². The zero-order valence-corrected chi connectivity index (χ0v) is 13.3. The maximum Gasteiger partial charge on any atom is 0.241 e. The van der Waals surface area contributed by atoms with E-state index in [1.54, 1.807) is 12.1 Å². The summed E-state index contributed by atoms with van der Waals surface area (Å²) in [6.45, 7) is 5.31. The molecular weight excluding hydrogens is 288 g/mol. The van der Waals surface area contributed by atoms with E-state index in [2.05, 4.69) is 10.0 Å². The molecule has 0 bridgehead atoms. The number of rotatable bonds is 3. The van der Waals surface area contributed by atoms with Crippen LogP contribution in [0, 0.1) is 0 Å². The predicted octanol–water partition coefficient (Wildman–Crippen LogP) is 1.89. The van der Waals surface area contributed by atoms with Crippen molar-refractivity contribution in [2.45, 2.75) is 49.6 Å². The van der Waals surface area contributed by atoms with Crippen LogP contribution >= 0.6 is 0 Å². The van der Waals surface area contributed by atoms with E-state index in [1.807, 2.05) is 19.9 Å². The van der Waals surface area contributed by atoms with Crippen LogP contribution in [0.15, 0.2) is 23.1 Å². The fraction of sp³-hybridized carbons (Fsp3) is 0.600. The molecule has 21 heavy (non-hydrogen) atoms. The summed E-state index contributed by atoms with van der Waals surface area (Å²) in [5.74, 6) is 0. The van der Waals surface area contributed by atoms with Crippen LogP contribution in [-0.2, 0) is 21.2 Å². The van der Waals surface area contributed by atoms with E-state index in [4.69, 9.17) is 4.74 Å². The highest BCUT2D eigenvalue weighted by Crippen LogP contribution is 2.31. The highest BCUT2D eigenvalue weighted by Gasteiger charge is 2.41. The first-order valence-corrected chi connectivity index (χ1v) is 8.92. The van der Waals surface area contributed by atoms with E-state index in [-0.39, 0.29) is 6.10 Å². The molecule has 0 spiro atoms. The minimum atomic E-state index is -3.55. The molecule has 2 aliphatic heterocycles. The Kier molecular flexibility index (Phi) is 3.71. The van der Waals surface area contributed by atoms with Gasteiger partial charge in [0.05, 0.1) is 16.5 Å². The SMILES string of the molecule is CC1OCCC1(C)NS(=O)(=O)c1cccc2c1CCCN2. The van der Waals surface area contributed by atoms with Gasteiger partial charge < -0.3 is 10.1 Å². The Morgan fingerprint density at radius 2 is 2.24 bits per heavy atom. The first-order chi connectivity index (χ1) is 9.92. The number of hydrogen-bond acceptors (Lipinski definition) is 4. The van der Waals surface area contributed by atoms with Gasteiger partial charge in [-0.15, -0.1) is 0 Å². The molecule has 0 amide bonds. The summed E-state index contributed by atoms with van der Waals surface area (Å²) in [4.78, 5) is 0.396. The monoisotopic (exact) mass is 310 g/mol. The second kappa shape index (κ2) is 5.26. The van der Waals surface area contributed by atoms with Gasteiger partial charge in [0, 0.05) is 18.8 Å². The topological polar surface area (TPSA) is 67.4 Å². The van der Waals surface area contributed by atoms with Gasteiger partial charge in [-0.1, -0.05) is 6.07 Å². The fourth-order valence-corrected chi connectivity index (χ4v) is 4.85. The van der Waals surface area contributed by atoms with E-state index in [0.717, 1.165) is 30.6 Å². The van der Waals surface area contributed by atoms with Crippen LogP contribution in [0.4, 0.5) is 5.69 Å². The van der Waals surface area contributed by atoms with Crippen LogP contribution < -0.4 is 10.0 Å². The molecule has 3 rings (SSSR count). The number of ether oxygens (including phenoxy) is 1. The van der Waals surface area contributed by atoms with Crippen molar-refractivity contribution in [1.29, 1.82) is 0 Å². The van der Waals surface area contributed by atoms with Gasteiger partial charge in [0.25, 0.3) is 0 Å². The Labute approximate surface area is 126 Å². The van der Waals surface area contributed by atoms with Gasteiger partial charge in [-0.2, -0.15) is 0 Å². The summed E-state index contributed by atoms with van der Waals surface area (Å²) in [5.41, 5.74) is 1.29. The number of nitrogens with one attached hydrogen (secondary N) is 2. The predicted molar refractivity (Wildman–Crippen MR) is 82.0 cm³/mol. The minimum absolute atomic E-state index is 0.120. The summed E-state index contributed by atoms with van der Waals surface area (Å²) in [5, 5.41) is 3.27. The fourth-order valence-electron chi connectivity index (χ4n) is 3.06. The maximum absolute atomic E-state index is 12.8. The van der Waals surface area contributed by atoms with E-state index >= 15 is 0 Å². The highest BCUT2D eigenvalue weighted by atomic mass is 32.2. The van der Waals surface area contributed by atoms with E-state index in [0.29, 0.717) is 17.9 Å². The van der Waals surface area contributed by atoms with Crippen LogP contribution in [0.25, 0.3) is 0 Å². The number of fused-ring (bicyclic) bond motifs is 1. The zero-order valence-electron chi connectivity index (χ0n) is 12.5. The van der Waals surface area contributed by atoms with Crippen molar-refractivity contribution in [2.75, 3.05) is 18.5 Å². The summed E-state index contributed by atoms with van der Waals surface area (Å²) < 4.78 is 34.0. The van der Waals surface area contributed by atoms with Crippen LogP contribution in [-0.4, -0.2) is 33.2 Å². The molecule has 0 aromatic heterocycles. The molecule has 2 heterocycles. The number of hydrogen-bond donors (Lipinski definition) is 2. The highest BCUT2D eigenvalue weighted by molar-refractivity contribution is 7.89. The summed E-state index contributed by atoms with van der Waals surface area (Å²) in [7, 11) is -3.55. The molecule has 5 nitrogen and oxygen atoms in total. The van der Waals surface area contributed by atoms with E-state index in [9.17, 15) is 8.42 Å².